The monoisotopic (exact) mass is 371 g/mol. The molecule has 8 heteroatoms. The molecule has 0 aliphatic heterocycles. The fourth-order valence-electron chi connectivity index (χ4n) is 1.95. The summed E-state index contributed by atoms with van der Waals surface area (Å²) in [6, 6.07) is 4.91. The van der Waals surface area contributed by atoms with Gasteiger partial charge in [-0.25, -0.2) is 9.50 Å². The van der Waals surface area contributed by atoms with Gasteiger partial charge in [-0.3, -0.25) is 0 Å². The first-order chi connectivity index (χ1) is 11.8. The van der Waals surface area contributed by atoms with Crippen LogP contribution in [-0.4, -0.2) is 21.2 Å². The molecule has 136 valence electrons. The van der Waals surface area contributed by atoms with Gasteiger partial charge in [0.2, 0.25) is 4.96 Å². The minimum Gasteiger partial charge on any atom is -0.469 e. The average molecular weight is 371 g/mol. The van der Waals surface area contributed by atoms with Crippen LogP contribution in [0.5, 0.6) is 5.19 Å². The number of benzene rings is 1. The Balaban J connectivity index is 0.00000109. The molecule has 0 radical (unpaired) electrons. The van der Waals surface area contributed by atoms with E-state index in [-0.39, 0.29) is 0 Å². The summed E-state index contributed by atoms with van der Waals surface area (Å²) in [5.74, 6) is 0.397. The summed E-state index contributed by atoms with van der Waals surface area (Å²) in [6.45, 7) is 8.66. The van der Waals surface area contributed by atoms with Gasteiger partial charge in [0.25, 0.3) is 5.19 Å². The van der Waals surface area contributed by atoms with Gasteiger partial charge in [-0.2, -0.15) is 13.2 Å². The number of rotatable bonds is 4. The van der Waals surface area contributed by atoms with Crippen LogP contribution in [0.15, 0.2) is 30.5 Å². The standard InChI is InChI=1S/C15H14F3N3OS.C2H6/c1-9(2)8-22-14-20-21-7-12(19-13(21)23-14)10-3-5-11(6-4-10)15(16,17)18;1-2/h3-7,9H,8H2,1-2H3;1-2H3. The van der Waals surface area contributed by atoms with Gasteiger partial charge < -0.3 is 4.74 Å². The molecule has 0 spiro atoms. The van der Waals surface area contributed by atoms with Crippen LogP contribution in [-0.2, 0) is 6.18 Å². The molecule has 25 heavy (non-hydrogen) atoms. The van der Waals surface area contributed by atoms with E-state index in [1.54, 1.807) is 10.7 Å². The second kappa shape index (κ2) is 7.86. The number of alkyl halides is 3. The highest BCUT2D eigenvalue weighted by Gasteiger charge is 2.30. The number of fused-ring (bicyclic) bond motifs is 1. The molecule has 0 aliphatic carbocycles. The second-order valence-electron chi connectivity index (χ2n) is 5.50. The maximum Gasteiger partial charge on any atom is 0.416 e. The zero-order chi connectivity index (χ0) is 18.6. The number of aromatic nitrogens is 3. The second-order valence-corrected chi connectivity index (χ2v) is 6.42. The average Bonchev–Trinajstić information content (AvgIpc) is 3.12. The lowest BCUT2D eigenvalue weighted by Crippen LogP contribution is -2.04. The molecule has 0 atom stereocenters. The molecule has 2 aromatic heterocycles. The Bertz CT molecular complexity index is 775. The lowest BCUT2D eigenvalue weighted by molar-refractivity contribution is -0.137. The Kier molecular flexibility index (Phi) is 6.05. The highest BCUT2D eigenvalue weighted by Crippen LogP contribution is 2.31. The lowest BCUT2D eigenvalue weighted by Gasteiger charge is -2.06. The smallest absolute Gasteiger partial charge is 0.416 e. The van der Waals surface area contributed by atoms with Gasteiger partial charge in [0.05, 0.1) is 24.1 Å². The van der Waals surface area contributed by atoms with Crippen LogP contribution >= 0.6 is 11.3 Å². The SMILES string of the molecule is CC.CC(C)COc1nn2cc(-c3ccc(C(F)(F)F)cc3)nc2s1. The van der Waals surface area contributed by atoms with Crippen molar-refractivity contribution in [3.63, 3.8) is 0 Å². The van der Waals surface area contributed by atoms with Gasteiger partial charge in [-0.1, -0.05) is 39.8 Å². The molecule has 1 aromatic carbocycles. The topological polar surface area (TPSA) is 39.4 Å². The zero-order valence-corrected chi connectivity index (χ0v) is 15.3. The highest BCUT2D eigenvalue weighted by atomic mass is 32.1. The van der Waals surface area contributed by atoms with Crippen LogP contribution in [0.3, 0.4) is 0 Å². The molecule has 2 heterocycles. The third-order valence-corrected chi connectivity index (χ3v) is 3.91. The Hall–Kier alpha value is -2.09. The maximum absolute atomic E-state index is 12.6. The molecule has 0 bridgehead atoms. The van der Waals surface area contributed by atoms with Crippen LogP contribution in [0, 0.1) is 5.92 Å². The zero-order valence-electron chi connectivity index (χ0n) is 14.5. The van der Waals surface area contributed by atoms with Gasteiger partial charge in [0.15, 0.2) is 0 Å². The molecule has 0 amide bonds. The van der Waals surface area contributed by atoms with Crippen molar-refractivity contribution in [3.05, 3.63) is 36.0 Å². The molecular weight excluding hydrogens is 351 g/mol. The van der Waals surface area contributed by atoms with Crippen LogP contribution in [0.2, 0.25) is 0 Å². The van der Waals surface area contributed by atoms with Crippen LogP contribution in [0.1, 0.15) is 33.3 Å². The van der Waals surface area contributed by atoms with Gasteiger partial charge in [0.1, 0.15) is 0 Å². The quantitative estimate of drug-likeness (QED) is 0.605. The molecule has 0 unspecified atom stereocenters. The van der Waals surface area contributed by atoms with Crippen molar-refractivity contribution >= 4 is 16.3 Å². The van der Waals surface area contributed by atoms with Crippen LogP contribution in [0.4, 0.5) is 13.2 Å². The van der Waals surface area contributed by atoms with Crippen molar-refractivity contribution < 1.29 is 17.9 Å². The molecule has 0 fully saturated rings. The summed E-state index contributed by atoms with van der Waals surface area (Å²) in [6.07, 6.45) is -2.66. The van der Waals surface area contributed by atoms with Crippen molar-refractivity contribution in [2.45, 2.75) is 33.9 Å². The highest BCUT2D eigenvalue weighted by molar-refractivity contribution is 7.18. The van der Waals surface area contributed by atoms with E-state index in [1.807, 2.05) is 27.7 Å². The minimum atomic E-state index is -4.34. The van der Waals surface area contributed by atoms with Crippen LogP contribution in [0.25, 0.3) is 16.2 Å². The largest absolute Gasteiger partial charge is 0.469 e. The number of nitrogens with zero attached hydrogens (tertiary/aromatic N) is 3. The first-order valence-electron chi connectivity index (χ1n) is 7.99. The van der Waals surface area contributed by atoms with E-state index in [4.69, 9.17) is 4.74 Å². The molecular formula is C17H20F3N3OS. The number of ether oxygens (including phenoxy) is 1. The molecule has 0 aliphatic rings. The fraction of sp³-hybridized carbons (Fsp3) is 0.412. The number of halogens is 3. The Morgan fingerprint density at radius 3 is 2.32 bits per heavy atom. The van der Waals surface area contributed by atoms with Crippen molar-refractivity contribution in [1.82, 2.24) is 14.6 Å². The molecule has 0 N–H and O–H groups in total. The van der Waals surface area contributed by atoms with Gasteiger partial charge in [0, 0.05) is 5.56 Å². The van der Waals surface area contributed by atoms with E-state index >= 15 is 0 Å². The van der Waals surface area contributed by atoms with Crippen molar-refractivity contribution in [1.29, 1.82) is 0 Å². The molecule has 0 saturated heterocycles. The van der Waals surface area contributed by atoms with E-state index in [1.165, 1.54) is 23.5 Å². The molecule has 4 nitrogen and oxygen atoms in total. The summed E-state index contributed by atoms with van der Waals surface area (Å²) < 4.78 is 44.8. The normalized spacial score (nSPS) is 11.5. The summed E-state index contributed by atoms with van der Waals surface area (Å²) in [5.41, 5.74) is 0.512. The molecule has 0 saturated carbocycles. The van der Waals surface area contributed by atoms with E-state index < -0.39 is 11.7 Å². The summed E-state index contributed by atoms with van der Waals surface area (Å²) >= 11 is 1.30. The number of hydrogen-bond acceptors (Lipinski definition) is 4. The van der Waals surface area contributed by atoms with E-state index in [2.05, 4.69) is 10.1 Å². The van der Waals surface area contributed by atoms with E-state index in [0.29, 0.717) is 33.9 Å². The first kappa shape index (κ1) is 19.2. The van der Waals surface area contributed by atoms with Crippen molar-refractivity contribution in [2.75, 3.05) is 6.61 Å². The Morgan fingerprint density at radius 1 is 1.16 bits per heavy atom. The van der Waals surface area contributed by atoms with Gasteiger partial charge in [-0.15, -0.1) is 5.10 Å². The minimum absolute atomic E-state index is 0.397. The van der Waals surface area contributed by atoms with Gasteiger partial charge >= 0.3 is 6.18 Å². The van der Waals surface area contributed by atoms with Crippen molar-refractivity contribution in [3.8, 4) is 16.5 Å². The maximum atomic E-state index is 12.6. The van der Waals surface area contributed by atoms with E-state index in [0.717, 1.165) is 12.1 Å². The van der Waals surface area contributed by atoms with Gasteiger partial charge in [-0.05, 0) is 29.4 Å². The number of imidazole rings is 1. The summed E-state index contributed by atoms with van der Waals surface area (Å²) in [5, 5.41) is 4.79. The predicted octanol–water partition coefficient (Wildman–Crippen LogP) is 5.54. The predicted molar refractivity (Wildman–Crippen MR) is 93.0 cm³/mol. The lowest BCUT2D eigenvalue weighted by atomic mass is 10.1. The number of hydrogen-bond donors (Lipinski definition) is 0. The Morgan fingerprint density at radius 2 is 1.80 bits per heavy atom. The molecule has 3 aromatic rings. The van der Waals surface area contributed by atoms with Crippen LogP contribution < -0.4 is 4.74 Å². The summed E-state index contributed by atoms with van der Waals surface area (Å²) in [7, 11) is 0. The van der Waals surface area contributed by atoms with E-state index in [9.17, 15) is 13.2 Å². The summed E-state index contributed by atoms with van der Waals surface area (Å²) in [4.78, 5) is 5.02. The first-order valence-corrected chi connectivity index (χ1v) is 8.81. The third kappa shape index (κ3) is 4.72. The van der Waals surface area contributed by atoms with Crippen molar-refractivity contribution in [2.24, 2.45) is 5.92 Å². The third-order valence-electron chi connectivity index (χ3n) is 3.07. The fourth-order valence-corrected chi connectivity index (χ4v) is 2.69. The molecule has 3 rings (SSSR count). The Labute approximate surface area is 148 Å².